The van der Waals surface area contributed by atoms with Crippen LogP contribution in [0.25, 0.3) is 0 Å². The number of nitrogens with zero attached hydrogens (tertiary/aromatic N) is 2. The summed E-state index contributed by atoms with van der Waals surface area (Å²) in [6.07, 6.45) is 13.9. The van der Waals surface area contributed by atoms with Crippen LogP contribution >= 0.6 is 11.6 Å². The molecule has 5 nitrogen and oxygen atoms in total. The number of hydrazone groups is 1. The van der Waals surface area contributed by atoms with Gasteiger partial charge in [0.05, 0.1) is 29.9 Å². The standard InChI is InChI=1S/C24H33ClN2O3/c1-6-30-22(28)10-8-19-16-24(4,21-9-7-18(25)15-17(21)2)27(26-19)20-11-13-23(3,29-5)14-12-20/h7,9,11-13,17H,6,8,10,14-16H2,1-5H3. The Morgan fingerprint density at radius 1 is 1.37 bits per heavy atom. The zero-order valence-corrected chi connectivity index (χ0v) is 19.5. The third-order valence-electron chi connectivity index (χ3n) is 6.31. The second-order valence-electron chi connectivity index (χ2n) is 8.76. The predicted octanol–water partition coefficient (Wildman–Crippen LogP) is 5.49. The molecule has 0 saturated heterocycles. The Kier molecular flexibility index (Phi) is 6.93. The van der Waals surface area contributed by atoms with Crippen LogP contribution < -0.4 is 0 Å². The number of hydrogen-bond acceptors (Lipinski definition) is 5. The molecule has 0 N–H and O–H groups in total. The highest BCUT2D eigenvalue weighted by Crippen LogP contribution is 2.45. The number of esters is 1. The molecule has 0 radical (unpaired) electrons. The Morgan fingerprint density at radius 3 is 2.73 bits per heavy atom. The molecule has 0 aromatic carbocycles. The van der Waals surface area contributed by atoms with E-state index in [9.17, 15) is 4.79 Å². The molecule has 2 aliphatic carbocycles. The number of hydrogen-bond donors (Lipinski definition) is 0. The largest absolute Gasteiger partial charge is 0.466 e. The van der Waals surface area contributed by atoms with Gasteiger partial charge in [0, 0.05) is 30.7 Å². The molecule has 0 saturated carbocycles. The van der Waals surface area contributed by atoms with Gasteiger partial charge in [-0.1, -0.05) is 36.8 Å². The van der Waals surface area contributed by atoms with Crippen LogP contribution in [0.3, 0.4) is 0 Å². The summed E-state index contributed by atoms with van der Waals surface area (Å²) in [4.78, 5) is 11.9. The lowest BCUT2D eigenvalue weighted by Crippen LogP contribution is -2.44. The first-order valence-electron chi connectivity index (χ1n) is 10.7. The Labute approximate surface area is 185 Å². The summed E-state index contributed by atoms with van der Waals surface area (Å²) >= 11 is 6.29. The molecule has 0 bridgehead atoms. The van der Waals surface area contributed by atoms with Crippen molar-refractivity contribution < 1.29 is 14.3 Å². The lowest BCUT2D eigenvalue weighted by molar-refractivity contribution is -0.142. The molecule has 30 heavy (non-hydrogen) atoms. The van der Waals surface area contributed by atoms with E-state index in [4.69, 9.17) is 26.2 Å². The Bertz CT molecular complexity index is 841. The van der Waals surface area contributed by atoms with Crippen molar-refractivity contribution in [3.8, 4) is 0 Å². The second kappa shape index (κ2) is 9.11. The Balaban J connectivity index is 1.89. The number of carbonyl (C=O) groups is 1. The SMILES string of the molecule is CCOC(=O)CCC1=NN(C2=CCC(C)(OC)C=C2)C(C)(C2=CC=C(Cl)CC2C)C1. The van der Waals surface area contributed by atoms with Gasteiger partial charge in [0.15, 0.2) is 0 Å². The van der Waals surface area contributed by atoms with E-state index < -0.39 is 0 Å². The van der Waals surface area contributed by atoms with Crippen molar-refractivity contribution in [3.63, 3.8) is 0 Å². The van der Waals surface area contributed by atoms with Gasteiger partial charge in [0.1, 0.15) is 0 Å². The Morgan fingerprint density at radius 2 is 2.13 bits per heavy atom. The topological polar surface area (TPSA) is 51.1 Å². The van der Waals surface area contributed by atoms with Crippen LogP contribution in [0.15, 0.2) is 51.8 Å². The first-order chi connectivity index (χ1) is 14.2. The fourth-order valence-electron chi connectivity index (χ4n) is 4.48. The van der Waals surface area contributed by atoms with Crippen LogP contribution in [0.2, 0.25) is 0 Å². The molecule has 0 spiro atoms. The highest BCUT2D eigenvalue weighted by Gasteiger charge is 2.45. The van der Waals surface area contributed by atoms with Gasteiger partial charge >= 0.3 is 5.97 Å². The predicted molar refractivity (Wildman–Crippen MR) is 121 cm³/mol. The van der Waals surface area contributed by atoms with Gasteiger partial charge in [-0.25, -0.2) is 0 Å². The van der Waals surface area contributed by atoms with E-state index in [1.807, 2.05) is 13.0 Å². The molecule has 3 rings (SSSR count). The van der Waals surface area contributed by atoms with Crippen molar-refractivity contribution in [1.29, 1.82) is 0 Å². The number of allylic oxidation sites excluding steroid dienone is 4. The molecule has 1 aliphatic heterocycles. The van der Waals surface area contributed by atoms with Crippen LogP contribution in [0.4, 0.5) is 0 Å². The van der Waals surface area contributed by atoms with Crippen LogP contribution in [-0.4, -0.2) is 41.5 Å². The molecule has 3 aliphatic rings. The average molecular weight is 433 g/mol. The highest BCUT2D eigenvalue weighted by molar-refractivity contribution is 6.29. The minimum absolute atomic E-state index is 0.173. The number of rotatable bonds is 7. The summed E-state index contributed by atoms with van der Waals surface area (Å²) in [5, 5.41) is 8.00. The first-order valence-corrected chi connectivity index (χ1v) is 11.1. The quantitative estimate of drug-likeness (QED) is 0.499. The third-order valence-corrected chi connectivity index (χ3v) is 6.59. The summed E-state index contributed by atoms with van der Waals surface area (Å²) in [7, 11) is 1.74. The molecular weight excluding hydrogens is 400 g/mol. The lowest BCUT2D eigenvalue weighted by atomic mass is 9.76. The number of ether oxygens (including phenoxy) is 2. The second-order valence-corrected chi connectivity index (χ2v) is 9.24. The van der Waals surface area contributed by atoms with E-state index in [1.54, 1.807) is 7.11 Å². The van der Waals surface area contributed by atoms with E-state index in [-0.39, 0.29) is 17.1 Å². The van der Waals surface area contributed by atoms with Crippen LogP contribution in [0.5, 0.6) is 0 Å². The van der Waals surface area contributed by atoms with Gasteiger partial charge < -0.3 is 9.47 Å². The maximum Gasteiger partial charge on any atom is 0.306 e. The van der Waals surface area contributed by atoms with Crippen LogP contribution in [-0.2, 0) is 14.3 Å². The van der Waals surface area contributed by atoms with Crippen LogP contribution in [0, 0.1) is 5.92 Å². The molecular formula is C24H33ClN2O3. The van der Waals surface area contributed by atoms with E-state index in [2.05, 4.69) is 50.1 Å². The number of carbonyl (C=O) groups excluding carboxylic acids is 1. The normalized spacial score (nSPS) is 31.1. The van der Waals surface area contributed by atoms with E-state index >= 15 is 0 Å². The first kappa shape index (κ1) is 22.8. The van der Waals surface area contributed by atoms with Crippen molar-refractivity contribution in [2.45, 2.75) is 70.9 Å². The monoisotopic (exact) mass is 432 g/mol. The van der Waals surface area contributed by atoms with Crippen molar-refractivity contribution in [3.05, 3.63) is 46.7 Å². The molecule has 0 fully saturated rings. The van der Waals surface area contributed by atoms with Crippen molar-refractivity contribution in [2.75, 3.05) is 13.7 Å². The van der Waals surface area contributed by atoms with Gasteiger partial charge in [0.25, 0.3) is 0 Å². The third kappa shape index (κ3) is 4.73. The van der Waals surface area contributed by atoms with E-state index in [0.29, 0.717) is 25.4 Å². The maximum absolute atomic E-state index is 11.9. The number of halogens is 1. The fourth-order valence-corrected chi connectivity index (χ4v) is 4.78. The van der Waals surface area contributed by atoms with Crippen LogP contribution in [0.1, 0.15) is 59.8 Å². The molecule has 3 unspecified atom stereocenters. The summed E-state index contributed by atoms with van der Waals surface area (Å²) in [6, 6.07) is 0. The van der Waals surface area contributed by atoms with E-state index in [0.717, 1.165) is 35.7 Å². The molecule has 6 heteroatoms. The Hall–Kier alpha value is -1.85. The zero-order chi connectivity index (χ0) is 21.9. The molecule has 3 atom stereocenters. The average Bonchev–Trinajstić information content (AvgIpc) is 3.04. The van der Waals surface area contributed by atoms with E-state index in [1.165, 1.54) is 5.57 Å². The van der Waals surface area contributed by atoms with Gasteiger partial charge in [-0.2, -0.15) is 5.10 Å². The minimum atomic E-state index is -0.297. The smallest absolute Gasteiger partial charge is 0.306 e. The summed E-state index contributed by atoms with van der Waals surface area (Å²) < 4.78 is 10.7. The maximum atomic E-state index is 11.9. The minimum Gasteiger partial charge on any atom is -0.466 e. The summed E-state index contributed by atoms with van der Waals surface area (Å²) in [6.45, 7) is 8.76. The van der Waals surface area contributed by atoms with Gasteiger partial charge in [-0.05, 0) is 57.3 Å². The summed E-state index contributed by atoms with van der Waals surface area (Å²) in [5.74, 6) is 0.153. The van der Waals surface area contributed by atoms with Crippen molar-refractivity contribution in [2.24, 2.45) is 11.0 Å². The van der Waals surface area contributed by atoms with Gasteiger partial charge in [-0.3, -0.25) is 9.80 Å². The van der Waals surface area contributed by atoms with Gasteiger partial charge in [-0.15, -0.1) is 0 Å². The fraction of sp³-hybridized carbons (Fsp3) is 0.583. The molecule has 1 heterocycles. The molecule has 0 amide bonds. The molecule has 0 aromatic heterocycles. The summed E-state index contributed by atoms with van der Waals surface area (Å²) in [5.41, 5.74) is 2.81. The highest BCUT2D eigenvalue weighted by atomic mass is 35.5. The molecule has 164 valence electrons. The van der Waals surface area contributed by atoms with Crippen molar-refractivity contribution in [1.82, 2.24) is 5.01 Å². The number of methoxy groups -OCH3 is 1. The van der Waals surface area contributed by atoms with Gasteiger partial charge in [0.2, 0.25) is 0 Å². The lowest BCUT2D eigenvalue weighted by Gasteiger charge is -2.41. The molecule has 0 aromatic rings. The van der Waals surface area contributed by atoms with Crippen molar-refractivity contribution >= 4 is 23.3 Å². The zero-order valence-electron chi connectivity index (χ0n) is 18.7.